The number of carbonyl (C=O) groups is 1. The average Bonchev–Trinajstić information content (AvgIpc) is 2.36. The van der Waals surface area contributed by atoms with E-state index < -0.39 is 27.0 Å². The third-order valence-corrected chi connectivity index (χ3v) is 5.71. The number of carboxylic acids is 1. The predicted octanol–water partition coefficient (Wildman–Crippen LogP) is 2.80. The molecule has 0 amide bonds. The van der Waals surface area contributed by atoms with Crippen molar-refractivity contribution >= 4 is 27.4 Å². The number of rotatable bonds is 7. The molecule has 1 N–H and O–H groups in total. The maximum atomic E-state index is 11.7. The molecular formula is C14H19ClO4S. The van der Waals surface area contributed by atoms with E-state index in [1.807, 2.05) is 0 Å². The molecule has 0 bridgehead atoms. The van der Waals surface area contributed by atoms with Gasteiger partial charge in [0.05, 0.1) is 16.9 Å². The minimum Gasteiger partial charge on any atom is -0.481 e. The summed E-state index contributed by atoms with van der Waals surface area (Å²) in [5.74, 6) is -1.78. The van der Waals surface area contributed by atoms with Crippen molar-refractivity contribution in [1.82, 2.24) is 0 Å². The van der Waals surface area contributed by atoms with Gasteiger partial charge in [0.2, 0.25) is 0 Å². The van der Waals surface area contributed by atoms with E-state index in [2.05, 4.69) is 0 Å². The first-order valence-corrected chi connectivity index (χ1v) is 8.50. The topological polar surface area (TPSA) is 71.4 Å². The molecule has 0 aliphatic rings. The second kappa shape index (κ2) is 7.09. The largest absolute Gasteiger partial charge is 0.481 e. The molecule has 0 fully saturated rings. The fourth-order valence-corrected chi connectivity index (χ4v) is 2.97. The molecule has 1 unspecified atom stereocenters. The van der Waals surface area contributed by atoms with Crippen molar-refractivity contribution in [3.63, 3.8) is 0 Å². The van der Waals surface area contributed by atoms with Crippen LogP contribution in [0.3, 0.4) is 0 Å². The van der Waals surface area contributed by atoms with Gasteiger partial charge in [-0.25, -0.2) is 8.42 Å². The summed E-state index contributed by atoms with van der Waals surface area (Å²) in [5, 5.41) is 9.31. The van der Waals surface area contributed by atoms with E-state index >= 15 is 0 Å². The van der Waals surface area contributed by atoms with Gasteiger partial charge in [-0.05, 0) is 44.4 Å². The van der Waals surface area contributed by atoms with Crippen LogP contribution < -0.4 is 0 Å². The Morgan fingerprint density at radius 2 is 1.80 bits per heavy atom. The number of benzene rings is 1. The lowest BCUT2D eigenvalue weighted by molar-refractivity contribution is -0.141. The van der Waals surface area contributed by atoms with Crippen LogP contribution in [-0.4, -0.2) is 30.5 Å². The van der Waals surface area contributed by atoms with Gasteiger partial charge in [0.15, 0.2) is 9.84 Å². The Labute approximate surface area is 124 Å². The second-order valence-electron chi connectivity index (χ2n) is 5.07. The van der Waals surface area contributed by atoms with Gasteiger partial charge >= 0.3 is 5.97 Å². The van der Waals surface area contributed by atoms with E-state index in [9.17, 15) is 18.3 Å². The highest BCUT2D eigenvalue weighted by Crippen LogP contribution is 2.17. The first-order valence-electron chi connectivity index (χ1n) is 6.41. The lowest BCUT2D eigenvalue weighted by Crippen LogP contribution is -2.24. The molecule has 0 aromatic heterocycles. The molecule has 20 heavy (non-hydrogen) atoms. The number of hydrogen-bond donors (Lipinski definition) is 1. The van der Waals surface area contributed by atoms with Crippen molar-refractivity contribution in [2.24, 2.45) is 5.92 Å². The highest BCUT2D eigenvalue weighted by Gasteiger charge is 2.23. The second-order valence-corrected chi connectivity index (χ2v) is 8.18. The summed E-state index contributed by atoms with van der Waals surface area (Å²) in [4.78, 5) is 11.2. The standard InChI is InChI=1S/C14H19ClO4S/c1-10(2)20(18,19)8-7-12(14(16)17)9-11-3-5-13(15)6-4-11/h3-6,10,12H,7-9H2,1-2H3,(H,16,17). The Hall–Kier alpha value is -1.07. The minimum absolute atomic E-state index is 0.102. The van der Waals surface area contributed by atoms with Crippen molar-refractivity contribution in [2.45, 2.75) is 31.9 Å². The molecule has 0 radical (unpaired) electrons. The number of carboxylic acid groups (broad SMARTS) is 1. The quantitative estimate of drug-likeness (QED) is 0.839. The van der Waals surface area contributed by atoms with Gasteiger partial charge in [-0.1, -0.05) is 23.7 Å². The van der Waals surface area contributed by atoms with Crippen LogP contribution in [0.25, 0.3) is 0 Å². The molecular weight excluding hydrogens is 300 g/mol. The Kier molecular flexibility index (Phi) is 6.02. The van der Waals surface area contributed by atoms with Crippen LogP contribution in [-0.2, 0) is 21.1 Å². The lowest BCUT2D eigenvalue weighted by Gasteiger charge is -2.14. The number of hydrogen-bond acceptors (Lipinski definition) is 3. The summed E-state index contributed by atoms with van der Waals surface area (Å²) in [6, 6.07) is 6.91. The molecule has 0 saturated heterocycles. The highest BCUT2D eigenvalue weighted by atomic mass is 35.5. The lowest BCUT2D eigenvalue weighted by atomic mass is 9.97. The van der Waals surface area contributed by atoms with E-state index in [0.717, 1.165) is 5.56 Å². The summed E-state index contributed by atoms with van der Waals surface area (Å²) in [7, 11) is -3.21. The Morgan fingerprint density at radius 1 is 1.25 bits per heavy atom. The molecule has 1 atom stereocenters. The van der Waals surface area contributed by atoms with Crippen molar-refractivity contribution < 1.29 is 18.3 Å². The van der Waals surface area contributed by atoms with Crippen LogP contribution in [0.4, 0.5) is 0 Å². The third-order valence-electron chi connectivity index (χ3n) is 3.21. The van der Waals surface area contributed by atoms with Crippen LogP contribution >= 0.6 is 11.6 Å². The fourth-order valence-electron chi connectivity index (χ4n) is 1.76. The molecule has 6 heteroatoms. The van der Waals surface area contributed by atoms with Gasteiger partial charge in [0, 0.05) is 5.02 Å². The van der Waals surface area contributed by atoms with Crippen LogP contribution in [0.2, 0.25) is 5.02 Å². The van der Waals surface area contributed by atoms with Crippen molar-refractivity contribution in [2.75, 3.05) is 5.75 Å². The summed E-state index contributed by atoms with van der Waals surface area (Å²) in [6.07, 6.45) is 0.429. The Balaban J connectivity index is 2.71. The van der Waals surface area contributed by atoms with Gasteiger partial charge in [-0.3, -0.25) is 4.79 Å². The monoisotopic (exact) mass is 318 g/mol. The van der Waals surface area contributed by atoms with Crippen LogP contribution in [0.5, 0.6) is 0 Å². The smallest absolute Gasteiger partial charge is 0.306 e. The van der Waals surface area contributed by atoms with Crippen LogP contribution in [0.15, 0.2) is 24.3 Å². The first-order chi connectivity index (χ1) is 9.22. The normalized spacial score (nSPS) is 13.4. The van der Waals surface area contributed by atoms with Gasteiger partial charge in [0.25, 0.3) is 0 Å². The fraction of sp³-hybridized carbons (Fsp3) is 0.500. The molecule has 0 saturated carbocycles. The van der Waals surface area contributed by atoms with E-state index in [-0.39, 0.29) is 12.2 Å². The molecule has 1 aromatic rings. The summed E-state index contributed by atoms with van der Waals surface area (Å²) in [5.41, 5.74) is 0.837. The molecule has 0 heterocycles. The molecule has 0 aliphatic heterocycles. The SMILES string of the molecule is CC(C)S(=O)(=O)CCC(Cc1ccc(Cl)cc1)C(=O)O. The minimum atomic E-state index is -3.21. The zero-order chi connectivity index (χ0) is 15.3. The van der Waals surface area contributed by atoms with Crippen molar-refractivity contribution in [1.29, 1.82) is 0 Å². The number of aliphatic carboxylic acids is 1. The molecule has 4 nitrogen and oxygen atoms in total. The van der Waals surface area contributed by atoms with Crippen molar-refractivity contribution in [3.8, 4) is 0 Å². The summed E-state index contributed by atoms with van der Waals surface area (Å²) in [6.45, 7) is 3.20. The zero-order valence-corrected chi connectivity index (χ0v) is 13.1. The molecule has 1 rings (SSSR count). The van der Waals surface area contributed by atoms with Crippen LogP contribution in [0.1, 0.15) is 25.8 Å². The van der Waals surface area contributed by atoms with Gasteiger partial charge in [0.1, 0.15) is 0 Å². The van der Waals surface area contributed by atoms with Crippen molar-refractivity contribution in [3.05, 3.63) is 34.9 Å². The molecule has 0 aliphatic carbocycles. The van der Waals surface area contributed by atoms with Crippen LogP contribution in [0, 0.1) is 5.92 Å². The van der Waals surface area contributed by atoms with Gasteiger partial charge in [-0.15, -0.1) is 0 Å². The van der Waals surface area contributed by atoms with Gasteiger partial charge in [-0.2, -0.15) is 0 Å². The molecule has 112 valence electrons. The number of halogens is 1. The van der Waals surface area contributed by atoms with E-state index in [1.165, 1.54) is 0 Å². The maximum Gasteiger partial charge on any atom is 0.306 e. The Morgan fingerprint density at radius 3 is 2.25 bits per heavy atom. The van der Waals surface area contributed by atoms with E-state index in [1.54, 1.807) is 38.1 Å². The zero-order valence-electron chi connectivity index (χ0n) is 11.5. The van der Waals surface area contributed by atoms with Gasteiger partial charge < -0.3 is 5.11 Å². The maximum absolute atomic E-state index is 11.7. The average molecular weight is 319 g/mol. The molecule has 1 aromatic carbocycles. The first kappa shape index (κ1) is 17.0. The number of sulfone groups is 1. The predicted molar refractivity (Wildman–Crippen MR) is 79.8 cm³/mol. The highest BCUT2D eigenvalue weighted by molar-refractivity contribution is 7.91. The molecule has 0 spiro atoms. The third kappa shape index (κ3) is 5.13. The van der Waals surface area contributed by atoms with E-state index in [0.29, 0.717) is 11.4 Å². The summed E-state index contributed by atoms with van der Waals surface area (Å²) < 4.78 is 23.5. The summed E-state index contributed by atoms with van der Waals surface area (Å²) >= 11 is 5.77. The van der Waals surface area contributed by atoms with E-state index in [4.69, 9.17) is 11.6 Å². The Bertz CT molecular complexity index is 549.